The Kier molecular flexibility index (Phi) is 2.49. The first-order valence-electron chi connectivity index (χ1n) is 4.74. The Balaban J connectivity index is 2.18. The topological polar surface area (TPSA) is 43.8 Å². The van der Waals surface area contributed by atoms with Crippen molar-refractivity contribution in [2.75, 3.05) is 5.73 Å². The quantitative estimate of drug-likeness (QED) is 0.806. The molecular weight excluding hydrogens is 182 g/mol. The molecule has 1 aromatic heterocycles. The molecule has 2 heterocycles. The Bertz CT molecular complexity index is 306. The number of nitrogen functional groups attached to an aromatic ring is 1. The summed E-state index contributed by atoms with van der Waals surface area (Å²) in [7, 11) is 0. The average Bonchev–Trinajstić information content (AvgIpc) is 2.67. The van der Waals surface area contributed by atoms with Crippen molar-refractivity contribution < 1.29 is 0 Å². The predicted molar refractivity (Wildman–Crippen MR) is 56.5 cm³/mol. The summed E-state index contributed by atoms with van der Waals surface area (Å²) in [5.74, 6) is 2.99. The molecule has 1 aliphatic heterocycles. The van der Waals surface area contributed by atoms with Gasteiger partial charge in [-0.15, -0.1) is 0 Å². The molecule has 0 saturated heterocycles. The first-order valence-corrected chi connectivity index (χ1v) is 5.90. The molecule has 0 radical (unpaired) electrons. The fourth-order valence-corrected chi connectivity index (χ4v) is 2.61. The van der Waals surface area contributed by atoms with Gasteiger partial charge in [0.15, 0.2) is 0 Å². The minimum atomic E-state index is 0.897. The van der Waals surface area contributed by atoms with Crippen LogP contribution in [0, 0.1) is 0 Å². The number of aryl methyl sites for hydroxylation is 1. The third-order valence-corrected chi connectivity index (χ3v) is 3.36. The van der Waals surface area contributed by atoms with Crippen molar-refractivity contribution in [1.82, 2.24) is 9.78 Å². The lowest BCUT2D eigenvalue weighted by Crippen LogP contribution is -2.05. The van der Waals surface area contributed by atoms with E-state index < -0.39 is 0 Å². The molecule has 0 unspecified atom stereocenters. The molecule has 0 fully saturated rings. The Morgan fingerprint density at radius 3 is 3.08 bits per heavy atom. The van der Waals surface area contributed by atoms with Crippen LogP contribution in [-0.2, 0) is 18.1 Å². The summed E-state index contributed by atoms with van der Waals surface area (Å²) < 4.78 is 1.97. The highest BCUT2D eigenvalue weighted by molar-refractivity contribution is 7.98. The van der Waals surface area contributed by atoms with Crippen LogP contribution < -0.4 is 5.73 Å². The summed E-state index contributed by atoms with van der Waals surface area (Å²) in [5, 5.41) is 4.50. The molecule has 1 aromatic rings. The standard InChI is InChI=1S/C9H15N3S/c1-2-3-4-12-9(10)7-5-13-6-8(7)11-12/h2-6,10H2,1H3. The highest BCUT2D eigenvalue weighted by atomic mass is 32.2. The molecule has 0 aromatic carbocycles. The van der Waals surface area contributed by atoms with Gasteiger partial charge in [-0.05, 0) is 6.42 Å². The van der Waals surface area contributed by atoms with Gasteiger partial charge in [-0.25, -0.2) is 4.68 Å². The Morgan fingerprint density at radius 2 is 2.38 bits per heavy atom. The van der Waals surface area contributed by atoms with Gasteiger partial charge in [-0.3, -0.25) is 0 Å². The van der Waals surface area contributed by atoms with E-state index in [1.54, 1.807) is 0 Å². The van der Waals surface area contributed by atoms with Crippen LogP contribution in [0.5, 0.6) is 0 Å². The molecule has 0 atom stereocenters. The zero-order valence-corrected chi connectivity index (χ0v) is 8.73. The van der Waals surface area contributed by atoms with Crippen molar-refractivity contribution in [2.24, 2.45) is 0 Å². The summed E-state index contributed by atoms with van der Waals surface area (Å²) in [4.78, 5) is 0. The molecule has 1 aliphatic rings. The van der Waals surface area contributed by atoms with Crippen LogP contribution in [-0.4, -0.2) is 9.78 Å². The van der Waals surface area contributed by atoms with E-state index in [1.807, 2.05) is 16.4 Å². The van der Waals surface area contributed by atoms with E-state index in [1.165, 1.54) is 17.7 Å². The highest BCUT2D eigenvalue weighted by Crippen LogP contribution is 2.32. The molecule has 4 heteroatoms. The monoisotopic (exact) mass is 197 g/mol. The van der Waals surface area contributed by atoms with Gasteiger partial charge >= 0.3 is 0 Å². The molecule has 0 amide bonds. The van der Waals surface area contributed by atoms with Gasteiger partial charge in [0.25, 0.3) is 0 Å². The number of nitrogens with two attached hydrogens (primary N) is 1. The van der Waals surface area contributed by atoms with Crippen molar-refractivity contribution in [2.45, 2.75) is 37.8 Å². The summed E-state index contributed by atoms with van der Waals surface area (Å²) in [6.45, 7) is 3.16. The van der Waals surface area contributed by atoms with Crippen LogP contribution in [0.25, 0.3) is 0 Å². The summed E-state index contributed by atoms with van der Waals surface area (Å²) in [6.07, 6.45) is 2.36. The third-order valence-electron chi connectivity index (χ3n) is 2.39. The minimum Gasteiger partial charge on any atom is -0.384 e. The molecule has 0 aliphatic carbocycles. The van der Waals surface area contributed by atoms with Crippen LogP contribution in [0.1, 0.15) is 31.0 Å². The first kappa shape index (κ1) is 8.94. The molecule has 2 rings (SSSR count). The minimum absolute atomic E-state index is 0.897. The maximum Gasteiger partial charge on any atom is 0.126 e. The van der Waals surface area contributed by atoms with Crippen LogP contribution >= 0.6 is 11.8 Å². The Hall–Kier alpha value is -0.640. The number of fused-ring (bicyclic) bond motifs is 1. The van der Waals surface area contributed by atoms with E-state index in [0.29, 0.717) is 0 Å². The van der Waals surface area contributed by atoms with Crippen molar-refractivity contribution in [3.63, 3.8) is 0 Å². The molecule has 0 bridgehead atoms. The molecule has 2 N–H and O–H groups in total. The van der Waals surface area contributed by atoms with E-state index in [4.69, 9.17) is 5.73 Å². The summed E-state index contributed by atoms with van der Waals surface area (Å²) >= 11 is 1.90. The largest absolute Gasteiger partial charge is 0.384 e. The maximum atomic E-state index is 5.98. The van der Waals surface area contributed by atoms with E-state index >= 15 is 0 Å². The number of aromatic nitrogens is 2. The van der Waals surface area contributed by atoms with Crippen molar-refractivity contribution in [1.29, 1.82) is 0 Å². The van der Waals surface area contributed by atoms with Gasteiger partial charge in [-0.1, -0.05) is 13.3 Å². The smallest absolute Gasteiger partial charge is 0.126 e. The van der Waals surface area contributed by atoms with E-state index in [9.17, 15) is 0 Å². The highest BCUT2D eigenvalue weighted by Gasteiger charge is 2.20. The average molecular weight is 197 g/mol. The first-order chi connectivity index (χ1) is 6.33. The number of unbranched alkanes of at least 4 members (excludes halogenated alkanes) is 1. The molecule has 72 valence electrons. The lowest BCUT2D eigenvalue weighted by atomic mass is 10.3. The Morgan fingerprint density at radius 1 is 1.54 bits per heavy atom. The van der Waals surface area contributed by atoms with E-state index in [-0.39, 0.29) is 0 Å². The third kappa shape index (κ3) is 1.55. The van der Waals surface area contributed by atoms with Gasteiger partial charge in [0.1, 0.15) is 5.82 Å². The number of hydrogen-bond donors (Lipinski definition) is 1. The molecular formula is C9H15N3S. The molecule has 0 saturated carbocycles. The van der Waals surface area contributed by atoms with Crippen molar-refractivity contribution in [3.8, 4) is 0 Å². The van der Waals surface area contributed by atoms with Gasteiger partial charge in [0, 0.05) is 23.6 Å². The van der Waals surface area contributed by atoms with Crippen LogP contribution in [0.2, 0.25) is 0 Å². The maximum absolute atomic E-state index is 5.98. The zero-order chi connectivity index (χ0) is 9.26. The zero-order valence-electron chi connectivity index (χ0n) is 7.92. The van der Waals surface area contributed by atoms with E-state index in [0.717, 1.165) is 30.3 Å². The lowest BCUT2D eigenvalue weighted by molar-refractivity contribution is 0.575. The van der Waals surface area contributed by atoms with Crippen molar-refractivity contribution >= 4 is 17.6 Å². The van der Waals surface area contributed by atoms with Gasteiger partial charge in [0.05, 0.1) is 5.69 Å². The van der Waals surface area contributed by atoms with Crippen LogP contribution in [0.15, 0.2) is 0 Å². The number of thioether (sulfide) groups is 1. The SMILES string of the molecule is CCCCn1nc2c(c1N)CSC2. The second kappa shape index (κ2) is 3.62. The number of hydrogen-bond acceptors (Lipinski definition) is 3. The second-order valence-corrected chi connectivity index (χ2v) is 4.37. The fraction of sp³-hybridized carbons (Fsp3) is 0.667. The number of nitrogens with zero attached hydrogens (tertiary/aromatic N) is 2. The van der Waals surface area contributed by atoms with E-state index in [2.05, 4.69) is 12.0 Å². The summed E-state index contributed by atoms with van der Waals surface area (Å²) in [6, 6.07) is 0. The normalized spacial score (nSPS) is 14.8. The van der Waals surface area contributed by atoms with Crippen LogP contribution in [0.3, 0.4) is 0 Å². The second-order valence-electron chi connectivity index (χ2n) is 3.38. The number of anilines is 1. The molecule has 0 spiro atoms. The van der Waals surface area contributed by atoms with Gasteiger partial charge in [0.2, 0.25) is 0 Å². The summed E-state index contributed by atoms with van der Waals surface area (Å²) in [5.41, 5.74) is 8.47. The van der Waals surface area contributed by atoms with Crippen LogP contribution in [0.4, 0.5) is 5.82 Å². The van der Waals surface area contributed by atoms with Gasteiger partial charge < -0.3 is 5.73 Å². The molecule has 13 heavy (non-hydrogen) atoms. The molecule has 3 nitrogen and oxygen atoms in total. The predicted octanol–water partition coefficient (Wildman–Crippen LogP) is 2.01. The van der Waals surface area contributed by atoms with Gasteiger partial charge in [-0.2, -0.15) is 16.9 Å². The fourth-order valence-electron chi connectivity index (χ4n) is 1.56. The Labute approximate surface area is 82.7 Å². The number of rotatable bonds is 3. The van der Waals surface area contributed by atoms with Crippen molar-refractivity contribution in [3.05, 3.63) is 11.3 Å². The lowest BCUT2D eigenvalue weighted by Gasteiger charge is -2.03.